The lowest BCUT2D eigenvalue weighted by Gasteiger charge is -2.13. The van der Waals surface area contributed by atoms with Crippen molar-refractivity contribution in [3.8, 4) is 0 Å². The van der Waals surface area contributed by atoms with E-state index in [9.17, 15) is 4.79 Å². The van der Waals surface area contributed by atoms with Gasteiger partial charge in [0.25, 0.3) is 5.91 Å². The molecular weight excluding hydrogens is 403 g/mol. The molecule has 0 bridgehead atoms. The molecule has 6 heteroatoms. The van der Waals surface area contributed by atoms with Crippen LogP contribution < -0.4 is 16.0 Å². The number of halogens is 1. The summed E-state index contributed by atoms with van der Waals surface area (Å²) in [6.45, 7) is 7.69. The molecule has 130 valence electrons. The number of rotatable bonds is 7. The monoisotopic (exact) mass is 432 g/mol. The summed E-state index contributed by atoms with van der Waals surface area (Å²) in [5, 5.41) is 9.45. The summed E-state index contributed by atoms with van der Waals surface area (Å²) in [4.78, 5) is 16.3. The highest BCUT2D eigenvalue weighted by Crippen LogP contribution is 2.06. The topological polar surface area (TPSA) is 65.5 Å². The maximum absolute atomic E-state index is 12.1. The van der Waals surface area contributed by atoms with Crippen LogP contribution in [0.5, 0.6) is 0 Å². The highest BCUT2D eigenvalue weighted by molar-refractivity contribution is 14.0. The number of aliphatic imine (C=N–C) groups is 1. The number of nitrogens with one attached hydrogen (secondary N) is 3. The lowest BCUT2D eigenvalue weighted by Crippen LogP contribution is -2.37. The number of carbonyl (C=O) groups is 1. The van der Waals surface area contributed by atoms with E-state index in [1.165, 1.54) is 0 Å². The van der Waals surface area contributed by atoms with Crippen LogP contribution >= 0.6 is 24.0 Å². The number of guanidine groups is 1. The third-order valence-corrected chi connectivity index (χ3v) is 3.41. The Balaban J connectivity index is 0.00000484. The second-order valence-corrected chi connectivity index (χ2v) is 5.34. The summed E-state index contributed by atoms with van der Waals surface area (Å²) in [7, 11) is 1.75. The molecule has 3 N–H and O–H groups in total. The first-order chi connectivity index (χ1) is 10.6. The molecule has 1 atom stereocenters. The van der Waals surface area contributed by atoms with Gasteiger partial charge in [0, 0.05) is 31.7 Å². The second kappa shape index (κ2) is 12.2. The van der Waals surface area contributed by atoms with Gasteiger partial charge >= 0.3 is 0 Å². The van der Waals surface area contributed by atoms with Crippen LogP contribution in [0.15, 0.2) is 29.3 Å². The van der Waals surface area contributed by atoms with E-state index in [1.807, 2.05) is 31.2 Å². The van der Waals surface area contributed by atoms with Crippen LogP contribution in [0.1, 0.15) is 49.5 Å². The summed E-state index contributed by atoms with van der Waals surface area (Å²) in [6, 6.07) is 7.85. The summed E-state index contributed by atoms with van der Waals surface area (Å²) in [6.07, 6.45) is 1.97. The van der Waals surface area contributed by atoms with Crippen molar-refractivity contribution >= 4 is 35.8 Å². The van der Waals surface area contributed by atoms with E-state index in [1.54, 1.807) is 7.05 Å². The Bertz CT molecular complexity index is 505. The minimum atomic E-state index is -0.0234. The lowest BCUT2D eigenvalue weighted by atomic mass is 10.1. The first-order valence-electron chi connectivity index (χ1n) is 7.95. The van der Waals surface area contributed by atoms with E-state index in [-0.39, 0.29) is 35.9 Å². The number of carbonyl (C=O) groups excluding carboxylic acids is 1. The van der Waals surface area contributed by atoms with Crippen molar-refractivity contribution in [3.05, 3.63) is 35.4 Å². The minimum absolute atomic E-state index is 0. The van der Waals surface area contributed by atoms with Crippen molar-refractivity contribution in [3.63, 3.8) is 0 Å². The highest BCUT2D eigenvalue weighted by Gasteiger charge is 2.09. The number of hydrogen-bond acceptors (Lipinski definition) is 2. The molecule has 0 aromatic heterocycles. The maximum Gasteiger partial charge on any atom is 0.251 e. The van der Waals surface area contributed by atoms with Gasteiger partial charge in [0.2, 0.25) is 0 Å². The highest BCUT2D eigenvalue weighted by atomic mass is 127. The Morgan fingerprint density at radius 1 is 1.26 bits per heavy atom. The van der Waals surface area contributed by atoms with E-state index >= 15 is 0 Å². The molecule has 0 aliphatic heterocycles. The molecule has 0 saturated heterocycles. The third kappa shape index (κ3) is 8.20. The van der Waals surface area contributed by atoms with E-state index in [2.05, 4.69) is 34.8 Å². The number of nitrogens with zero attached hydrogens (tertiary/aromatic N) is 1. The maximum atomic E-state index is 12.1. The van der Waals surface area contributed by atoms with Crippen LogP contribution in [0, 0.1) is 0 Å². The van der Waals surface area contributed by atoms with Gasteiger partial charge in [-0.05, 0) is 37.5 Å². The number of hydrogen-bond donors (Lipinski definition) is 3. The molecule has 1 amide bonds. The SMILES string of the molecule is CCCNC(=NC)NCc1cccc(C(=O)NC(C)CC)c1.I. The van der Waals surface area contributed by atoms with E-state index < -0.39 is 0 Å². The molecular formula is C17H29IN4O. The Morgan fingerprint density at radius 2 is 2.00 bits per heavy atom. The molecule has 23 heavy (non-hydrogen) atoms. The fraction of sp³-hybridized carbons (Fsp3) is 0.529. The Kier molecular flexibility index (Phi) is 11.5. The average molecular weight is 432 g/mol. The van der Waals surface area contributed by atoms with Crippen molar-refractivity contribution in [1.29, 1.82) is 0 Å². The van der Waals surface area contributed by atoms with Crippen molar-refractivity contribution in [2.24, 2.45) is 4.99 Å². The third-order valence-electron chi connectivity index (χ3n) is 3.41. The normalized spacial score (nSPS) is 12.1. The average Bonchev–Trinajstić information content (AvgIpc) is 2.55. The zero-order valence-corrected chi connectivity index (χ0v) is 16.8. The summed E-state index contributed by atoms with van der Waals surface area (Å²) in [5.74, 6) is 0.751. The first kappa shape index (κ1) is 21.7. The molecule has 5 nitrogen and oxygen atoms in total. The fourth-order valence-electron chi connectivity index (χ4n) is 1.88. The second-order valence-electron chi connectivity index (χ2n) is 5.34. The van der Waals surface area contributed by atoms with Crippen LogP contribution in [0.3, 0.4) is 0 Å². The standard InChI is InChI=1S/C17H28N4O.HI/c1-5-10-19-17(18-4)20-12-14-8-7-9-15(11-14)16(22)21-13(3)6-2;/h7-9,11,13H,5-6,10,12H2,1-4H3,(H,21,22)(H2,18,19,20);1H. The van der Waals surface area contributed by atoms with Gasteiger partial charge in [-0.1, -0.05) is 26.0 Å². The van der Waals surface area contributed by atoms with Crippen molar-refractivity contribution in [1.82, 2.24) is 16.0 Å². The van der Waals surface area contributed by atoms with Crippen molar-refractivity contribution in [2.75, 3.05) is 13.6 Å². The summed E-state index contributed by atoms with van der Waals surface area (Å²) in [5.41, 5.74) is 1.74. The minimum Gasteiger partial charge on any atom is -0.356 e. The van der Waals surface area contributed by atoms with Crippen LogP contribution in [0.4, 0.5) is 0 Å². The number of amides is 1. The first-order valence-corrected chi connectivity index (χ1v) is 7.95. The van der Waals surface area contributed by atoms with Gasteiger partial charge in [0.15, 0.2) is 5.96 Å². The largest absolute Gasteiger partial charge is 0.356 e. The lowest BCUT2D eigenvalue weighted by molar-refractivity contribution is 0.0939. The molecule has 0 fully saturated rings. The number of benzene rings is 1. The van der Waals surface area contributed by atoms with Gasteiger partial charge in [-0.2, -0.15) is 0 Å². The van der Waals surface area contributed by atoms with Gasteiger partial charge in [-0.3, -0.25) is 9.79 Å². The molecule has 1 unspecified atom stereocenters. The molecule has 0 saturated carbocycles. The van der Waals surface area contributed by atoms with E-state index in [4.69, 9.17) is 0 Å². The molecule has 0 aliphatic carbocycles. The van der Waals surface area contributed by atoms with E-state index in [0.29, 0.717) is 12.1 Å². The quantitative estimate of drug-likeness (QED) is 0.353. The van der Waals surface area contributed by atoms with Gasteiger partial charge in [-0.15, -0.1) is 24.0 Å². The smallest absolute Gasteiger partial charge is 0.251 e. The predicted molar refractivity (Wildman–Crippen MR) is 108 cm³/mol. The molecule has 0 aliphatic rings. The molecule has 1 aromatic rings. The zero-order chi connectivity index (χ0) is 16.4. The van der Waals surface area contributed by atoms with Crippen molar-refractivity contribution in [2.45, 2.75) is 46.2 Å². The predicted octanol–water partition coefficient (Wildman–Crippen LogP) is 2.91. The van der Waals surface area contributed by atoms with Crippen LogP contribution in [0.2, 0.25) is 0 Å². The zero-order valence-electron chi connectivity index (χ0n) is 14.5. The van der Waals surface area contributed by atoms with Crippen molar-refractivity contribution < 1.29 is 4.79 Å². The van der Waals surface area contributed by atoms with Gasteiger partial charge in [-0.25, -0.2) is 0 Å². The summed E-state index contributed by atoms with van der Waals surface area (Å²) >= 11 is 0. The molecule has 1 aromatic carbocycles. The van der Waals surface area contributed by atoms with E-state index in [0.717, 1.165) is 30.9 Å². The molecule has 0 heterocycles. The molecule has 0 radical (unpaired) electrons. The van der Waals surface area contributed by atoms with Crippen LogP contribution in [-0.2, 0) is 6.54 Å². The molecule has 0 spiro atoms. The van der Waals surface area contributed by atoms with Gasteiger partial charge in [0.1, 0.15) is 0 Å². The Hall–Kier alpha value is -1.31. The Labute approximate surface area is 156 Å². The van der Waals surface area contributed by atoms with Gasteiger partial charge < -0.3 is 16.0 Å². The van der Waals surface area contributed by atoms with Crippen LogP contribution in [0.25, 0.3) is 0 Å². The Morgan fingerprint density at radius 3 is 2.61 bits per heavy atom. The van der Waals surface area contributed by atoms with Gasteiger partial charge in [0.05, 0.1) is 0 Å². The fourth-order valence-corrected chi connectivity index (χ4v) is 1.88. The van der Waals surface area contributed by atoms with Crippen LogP contribution in [-0.4, -0.2) is 31.5 Å². The summed E-state index contributed by atoms with van der Waals surface area (Å²) < 4.78 is 0. The molecule has 1 rings (SSSR count).